The first-order valence-corrected chi connectivity index (χ1v) is 4.10. The molecule has 0 saturated carbocycles. The minimum Gasteiger partial charge on any atom is -0.354 e. The average molecular weight is 157 g/mol. The molecular weight excluding hydrogens is 146 g/mol. The number of hydrogen-bond donors (Lipinski definition) is 1. The van der Waals surface area contributed by atoms with Gasteiger partial charge in [-0.3, -0.25) is 4.79 Å². The Bertz CT molecular complexity index is 143. The van der Waals surface area contributed by atoms with E-state index in [1.54, 1.807) is 17.8 Å². The molecule has 0 unspecified atom stereocenters. The largest absolute Gasteiger partial charge is 0.354 e. The lowest BCUT2D eigenvalue weighted by atomic mass is 10.5. The topological polar surface area (TPSA) is 29.1 Å². The molecule has 0 bridgehead atoms. The van der Waals surface area contributed by atoms with Crippen LogP contribution in [-0.4, -0.2) is 19.2 Å². The maximum atomic E-state index is 9.86. The van der Waals surface area contributed by atoms with Crippen molar-refractivity contribution in [1.82, 2.24) is 5.32 Å². The lowest BCUT2D eigenvalue weighted by molar-refractivity contribution is -0.109. The van der Waals surface area contributed by atoms with E-state index in [1.807, 2.05) is 12.3 Å². The SMILES string of the molecule is C=C/C=C(/CNC=O)SC. The van der Waals surface area contributed by atoms with Crippen LogP contribution in [0.15, 0.2) is 23.6 Å². The average Bonchev–Trinajstić information content (AvgIpc) is 1.98. The molecule has 0 heterocycles. The highest BCUT2D eigenvalue weighted by atomic mass is 32.2. The first kappa shape index (κ1) is 9.30. The van der Waals surface area contributed by atoms with Gasteiger partial charge in [-0.1, -0.05) is 18.7 Å². The summed E-state index contributed by atoms with van der Waals surface area (Å²) >= 11 is 1.60. The van der Waals surface area contributed by atoms with Crippen molar-refractivity contribution >= 4 is 18.2 Å². The maximum absolute atomic E-state index is 9.86. The molecule has 0 spiro atoms. The Morgan fingerprint density at radius 1 is 1.80 bits per heavy atom. The van der Waals surface area contributed by atoms with Gasteiger partial charge in [0.1, 0.15) is 0 Å². The van der Waals surface area contributed by atoms with Gasteiger partial charge in [0.05, 0.1) is 0 Å². The maximum Gasteiger partial charge on any atom is 0.207 e. The Kier molecular flexibility index (Phi) is 5.97. The molecule has 0 atom stereocenters. The molecule has 0 aromatic carbocycles. The fourth-order valence-electron chi connectivity index (χ4n) is 0.473. The highest BCUT2D eigenvalue weighted by molar-refractivity contribution is 8.02. The zero-order chi connectivity index (χ0) is 7.82. The molecule has 0 aromatic heterocycles. The highest BCUT2D eigenvalue weighted by Gasteiger charge is 1.89. The van der Waals surface area contributed by atoms with Crippen LogP contribution in [0.3, 0.4) is 0 Å². The van der Waals surface area contributed by atoms with Crippen LogP contribution in [0.5, 0.6) is 0 Å². The molecule has 0 radical (unpaired) electrons. The standard InChI is InChI=1S/C7H11NOS/c1-3-4-7(10-2)5-8-6-9/h3-4,6H,1,5H2,2H3,(H,8,9)/b7-4-. The van der Waals surface area contributed by atoms with Gasteiger partial charge in [-0.15, -0.1) is 11.8 Å². The first-order chi connectivity index (χ1) is 4.85. The van der Waals surface area contributed by atoms with Gasteiger partial charge in [-0.25, -0.2) is 0 Å². The highest BCUT2D eigenvalue weighted by Crippen LogP contribution is 2.08. The van der Waals surface area contributed by atoms with Crippen molar-refractivity contribution in [1.29, 1.82) is 0 Å². The predicted octanol–water partition coefficient (Wildman–Crippen LogP) is 1.17. The summed E-state index contributed by atoms with van der Waals surface area (Å²) in [5.41, 5.74) is 0. The second-order valence-electron chi connectivity index (χ2n) is 1.57. The predicted molar refractivity (Wildman–Crippen MR) is 45.9 cm³/mol. The third-order valence-corrected chi connectivity index (χ3v) is 1.73. The molecule has 3 heteroatoms. The van der Waals surface area contributed by atoms with Crippen molar-refractivity contribution < 1.29 is 4.79 Å². The Labute approximate surface area is 65.4 Å². The van der Waals surface area contributed by atoms with E-state index in [-0.39, 0.29) is 0 Å². The molecule has 56 valence electrons. The van der Waals surface area contributed by atoms with E-state index < -0.39 is 0 Å². The molecule has 10 heavy (non-hydrogen) atoms. The normalized spacial score (nSPS) is 10.7. The summed E-state index contributed by atoms with van der Waals surface area (Å²) in [6.07, 6.45) is 6.23. The minimum atomic E-state index is 0.594. The number of allylic oxidation sites excluding steroid dienone is 2. The van der Waals surface area contributed by atoms with Crippen LogP contribution in [0.25, 0.3) is 0 Å². The van der Waals surface area contributed by atoms with E-state index in [1.165, 1.54) is 0 Å². The van der Waals surface area contributed by atoms with Crippen LogP contribution in [0.1, 0.15) is 0 Å². The van der Waals surface area contributed by atoms with Gasteiger partial charge in [-0.05, 0) is 6.26 Å². The molecule has 0 aliphatic heterocycles. The molecule has 0 aliphatic carbocycles. The van der Waals surface area contributed by atoms with E-state index >= 15 is 0 Å². The molecule has 0 aliphatic rings. The second kappa shape index (κ2) is 6.42. The van der Waals surface area contributed by atoms with Crippen molar-refractivity contribution in [3.05, 3.63) is 23.6 Å². The monoisotopic (exact) mass is 157 g/mol. The number of carbonyl (C=O) groups is 1. The molecule has 1 amide bonds. The number of carbonyl (C=O) groups excluding carboxylic acids is 1. The van der Waals surface area contributed by atoms with Crippen molar-refractivity contribution in [3.63, 3.8) is 0 Å². The van der Waals surface area contributed by atoms with E-state index in [9.17, 15) is 4.79 Å². The van der Waals surface area contributed by atoms with Crippen LogP contribution in [0.4, 0.5) is 0 Å². The van der Waals surface area contributed by atoms with Crippen LogP contribution in [0.2, 0.25) is 0 Å². The Morgan fingerprint density at radius 3 is 2.90 bits per heavy atom. The van der Waals surface area contributed by atoms with E-state index in [4.69, 9.17) is 0 Å². The number of rotatable bonds is 5. The zero-order valence-corrected chi connectivity index (χ0v) is 6.78. The summed E-state index contributed by atoms with van der Waals surface area (Å²) in [6, 6.07) is 0. The molecule has 2 nitrogen and oxygen atoms in total. The summed E-state index contributed by atoms with van der Waals surface area (Å²) < 4.78 is 0. The first-order valence-electron chi connectivity index (χ1n) is 2.87. The molecular formula is C7H11NOS. The van der Waals surface area contributed by atoms with Gasteiger partial charge in [0.25, 0.3) is 0 Å². The second-order valence-corrected chi connectivity index (χ2v) is 2.50. The zero-order valence-electron chi connectivity index (χ0n) is 5.96. The Balaban J connectivity index is 3.70. The number of amides is 1. The molecule has 1 N–H and O–H groups in total. The molecule has 0 rings (SSSR count). The van der Waals surface area contributed by atoms with Gasteiger partial charge in [0.15, 0.2) is 0 Å². The smallest absolute Gasteiger partial charge is 0.207 e. The molecule has 0 saturated heterocycles. The van der Waals surface area contributed by atoms with Crippen LogP contribution >= 0.6 is 11.8 Å². The summed E-state index contributed by atoms with van der Waals surface area (Å²) in [4.78, 5) is 11.0. The Morgan fingerprint density at radius 2 is 2.50 bits per heavy atom. The third kappa shape index (κ3) is 4.21. The fourth-order valence-corrected chi connectivity index (χ4v) is 0.933. The summed E-state index contributed by atoms with van der Waals surface area (Å²) in [5.74, 6) is 0. The van der Waals surface area contributed by atoms with Crippen LogP contribution in [0, 0.1) is 0 Å². The molecule has 0 aromatic rings. The van der Waals surface area contributed by atoms with Crippen LogP contribution < -0.4 is 5.32 Å². The van der Waals surface area contributed by atoms with E-state index in [0.29, 0.717) is 13.0 Å². The summed E-state index contributed by atoms with van der Waals surface area (Å²) in [5, 5.41) is 2.57. The van der Waals surface area contributed by atoms with Gasteiger partial charge in [0.2, 0.25) is 6.41 Å². The van der Waals surface area contributed by atoms with Gasteiger partial charge < -0.3 is 5.32 Å². The quantitative estimate of drug-likeness (QED) is 0.479. The van der Waals surface area contributed by atoms with Gasteiger partial charge in [0, 0.05) is 11.4 Å². The lowest BCUT2D eigenvalue weighted by Crippen LogP contribution is -2.12. The van der Waals surface area contributed by atoms with E-state index in [0.717, 1.165) is 4.91 Å². The lowest BCUT2D eigenvalue weighted by Gasteiger charge is -1.99. The summed E-state index contributed by atoms with van der Waals surface area (Å²) in [6.45, 7) is 4.14. The van der Waals surface area contributed by atoms with Crippen molar-refractivity contribution in [2.75, 3.05) is 12.8 Å². The van der Waals surface area contributed by atoms with Crippen molar-refractivity contribution in [2.45, 2.75) is 0 Å². The number of hydrogen-bond acceptors (Lipinski definition) is 2. The van der Waals surface area contributed by atoms with Crippen molar-refractivity contribution in [2.24, 2.45) is 0 Å². The van der Waals surface area contributed by atoms with E-state index in [2.05, 4.69) is 11.9 Å². The fraction of sp³-hybridized carbons (Fsp3) is 0.286. The van der Waals surface area contributed by atoms with Gasteiger partial charge in [-0.2, -0.15) is 0 Å². The Hall–Kier alpha value is -0.700. The number of thioether (sulfide) groups is 1. The van der Waals surface area contributed by atoms with Crippen molar-refractivity contribution in [3.8, 4) is 0 Å². The number of nitrogens with one attached hydrogen (secondary N) is 1. The van der Waals surface area contributed by atoms with Crippen LogP contribution in [-0.2, 0) is 4.79 Å². The minimum absolute atomic E-state index is 0.594. The third-order valence-electron chi connectivity index (χ3n) is 0.926. The van der Waals surface area contributed by atoms with Gasteiger partial charge >= 0.3 is 0 Å². The summed E-state index contributed by atoms with van der Waals surface area (Å²) in [7, 11) is 0. The molecule has 0 fully saturated rings.